The van der Waals surface area contributed by atoms with Crippen molar-refractivity contribution < 1.29 is 17.6 Å². The molecule has 1 aromatic carbocycles. The van der Waals surface area contributed by atoms with Gasteiger partial charge in [-0.1, -0.05) is 12.1 Å². The minimum atomic E-state index is -4.64. The molecule has 0 radical (unpaired) electrons. The Labute approximate surface area is 175 Å². The monoisotopic (exact) mass is 508 g/mol. The lowest BCUT2D eigenvalue weighted by molar-refractivity contribution is -0.138. The van der Waals surface area contributed by atoms with Crippen LogP contribution in [-0.4, -0.2) is 27.6 Å². The van der Waals surface area contributed by atoms with Gasteiger partial charge in [-0.2, -0.15) is 13.2 Å². The van der Waals surface area contributed by atoms with Gasteiger partial charge < -0.3 is 10.6 Å². The Morgan fingerprint density at radius 1 is 1.11 bits per heavy atom. The Hall–Kier alpha value is -2.44. The second kappa shape index (κ2) is 9.17. The molecule has 0 saturated heterocycles. The van der Waals surface area contributed by atoms with Gasteiger partial charge >= 0.3 is 6.18 Å². The summed E-state index contributed by atoms with van der Waals surface area (Å²) in [4.78, 5) is 3.97. The molecule has 0 amide bonds. The zero-order valence-electron chi connectivity index (χ0n) is 14.7. The van der Waals surface area contributed by atoms with E-state index < -0.39 is 17.6 Å². The summed E-state index contributed by atoms with van der Waals surface area (Å²) in [7, 11) is 1.49. The third-order valence-corrected chi connectivity index (χ3v) is 3.85. The van der Waals surface area contributed by atoms with Gasteiger partial charge in [0.15, 0.2) is 17.4 Å². The van der Waals surface area contributed by atoms with E-state index in [1.807, 2.05) is 12.1 Å². The summed E-state index contributed by atoms with van der Waals surface area (Å²) in [5.74, 6) is -0.0429. The SMILES string of the molecule is CN=C(NCc1ccc(F)cc1C(F)(F)F)NCc1nnc2ccccn12.I. The smallest absolute Gasteiger partial charge is 0.352 e. The minimum Gasteiger partial charge on any atom is -0.352 e. The average molecular weight is 508 g/mol. The van der Waals surface area contributed by atoms with Crippen LogP contribution in [0.3, 0.4) is 0 Å². The average Bonchev–Trinajstić information content (AvgIpc) is 3.05. The molecular weight excluding hydrogens is 491 g/mol. The van der Waals surface area contributed by atoms with Crippen LogP contribution in [0.25, 0.3) is 5.65 Å². The van der Waals surface area contributed by atoms with E-state index in [9.17, 15) is 17.6 Å². The maximum atomic E-state index is 13.2. The molecule has 0 aliphatic rings. The number of pyridine rings is 1. The minimum absolute atomic E-state index is 0. The Balaban J connectivity index is 0.00000280. The fourth-order valence-corrected chi connectivity index (χ4v) is 2.54. The second-order valence-electron chi connectivity index (χ2n) is 5.62. The van der Waals surface area contributed by atoms with E-state index >= 15 is 0 Å². The molecule has 11 heteroatoms. The summed E-state index contributed by atoms with van der Waals surface area (Å²) in [6, 6.07) is 8.05. The van der Waals surface area contributed by atoms with Crippen molar-refractivity contribution in [3.63, 3.8) is 0 Å². The van der Waals surface area contributed by atoms with Gasteiger partial charge in [0, 0.05) is 19.8 Å². The van der Waals surface area contributed by atoms with Gasteiger partial charge in [0.1, 0.15) is 5.82 Å². The fraction of sp³-hybridized carbons (Fsp3) is 0.235. The van der Waals surface area contributed by atoms with Crippen molar-refractivity contribution in [2.45, 2.75) is 19.3 Å². The van der Waals surface area contributed by atoms with Gasteiger partial charge in [0.2, 0.25) is 0 Å². The lowest BCUT2D eigenvalue weighted by Gasteiger charge is -2.15. The standard InChI is InChI=1S/C17H16F4N6.HI/c1-22-16(24-10-15-26-25-14-4-2-3-7-27(14)15)23-9-11-5-6-12(18)8-13(11)17(19,20)21;/h2-8H,9-10H2,1H3,(H2,22,23,24);1H. The van der Waals surface area contributed by atoms with Crippen LogP contribution < -0.4 is 10.6 Å². The number of benzene rings is 1. The summed E-state index contributed by atoms with van der Waals surface area (Å²) in [6.07, 6.45) is -2.84. The van der Waals surface area contributed by atoms with Crippen LogP contribution >= 0.6 is 24.0 Å². The number of nitrogens with one attached hydrogen (secondary N) is 2. The first kappa shape index (κ1) is 21.9. The topological polar surface area (TPSA) is 66.6 Å². The van der Waals surface area contributed by atoms with Crippen molar-refractivity contribution in [2.75, 3.05) is 7.05 Å². The highest BCUT2D eigenvalue weighted by Gasteiger charge is 2.33. The van der Waals surface area contributed by atoms with E-state index in [0.29, 0.717) is 17.5 Å². The molecule has 0 bridgehead atoms. The molecule has 0 aliphatic carbocycles. The second-order valence-corrected chi connectivity index (χ2v) is 5.62. The van der Waals surface area contributed by atoms with Crippen molar-refractivity contribution in [3.8, 4) is 0 Å². The molecule has 2 heterocycles. The van der Waals surface area contributed by atoms with Gasteiger partial charge in [-0.25, -0.2) is 4.39 Å². The number of halogens is 5. The van der Waals surface area contributed by atoms with E-state index in [2.05, 4.69) is 25.8 Å². The predicted octanol–water partition coefficient (Wildman–Crippen LogP) is 3.37. The van der Waals surface area contributed by atoms with E-state index in [-0.39, 0.29) is 48.6 Å². The molecule has 0 atom stereocenters. The molecule has 0 fully saturated rings. The van der Waals surface area contributed by atoms with Crippen molar-refractivity contribution in [2.24, 2.45) is 4.99 Å². The zero-order valence-corrected chi connectivity index (χ0v) is 17.0. The lowest BCUT2D eigenvalue weighted by atomic mass is 10.1. The molecule has 0 spiro atoms. The normalized spacial score (nSPS) is 12.0. The Morgan fingerprint density at radius 3 is 2.57 bits per heavy atom. The number of aliphatic imine (C=N–C) groups is 1. The third-order valence-electron chi connectivity index (χ3n) is 3.85. The van der Waals surface area contributed by atoms with Crippen LogP contribution in [0.15, 0.2) is 47.6 Å². The molecule has 150 valence electrons. The highest BCUT2D eigenvalue weighted by Crippen LogP contribution is 2.32. The van der Waals surface area contributed by atoms with Crippen LogP contribution in [0.1, 0.15) is 17.0 Å². The van der Waals surface area contributed by atoms with Crippen LogP contribution in [-0.2, 0) is 19.3 Å². The summed E-state index contributed by atoms with van der Waals surface area (Å²) < 4.78 is 54.1. The van der Waals surface area contributed by atoms with Gasteiger partial charge in [-0.05, 0) is 29.8 Å². The van der Waals surface area contributed by atoms with Crippen molar-refractivity contribution in [3.05, 3.63) is 65.4 Å². The zero-order chi connectivity index (χ0) is 19.4. The number of hydrogen-bond acceptors (Lipinski definition) is 3. The fourth-order valence-electron chi connectivity index (χ4n) is 2.54. The van der Waals surface area contributed by atoms with Crippen molar-refractivity contribution in [1.29, 1.82) is 0 Å². The number of fused-ring (bicyclic) bond motifs is 1. The molecule has 0 aliphatic heterocycles. The van der Waals surface area contributed by atoms with Gasteiger partial charge in [-0.15, -0.1) is 34.2 Å². The summed E-state index contributed by atoms with van der Waals surface area (Å²) in [5, 5.41) is 13.8. The number of hydrogen-bond donors (Lipinski definition) is 2. The molecule has 2 N–H and O–H groups in total. The lowest BCUT2D eigenvalue weighted by Crippen LogP contribution is -2.37. The van der Waals surface area contributed by atoms with E-state index in [1.165, 1.54) is 7.05 Å². The summed E-state index contributed by atoms with van der Waals surface area (Å²) >= 11 is 0. The molecule has 3 rings (SSSR count). The van der Waals surface area contributed by atoms with E-state index in [1.54, 1.807) is 16.7 Å². The van der Waals surface area contributed by atoms with Crippen LogP contribution in [0.5, 0.6) is 0 Å². The van der Waals surface area contributed by atoms with Gasteiger partial charge in [-0.3, -0.25) is 9.39 Å². The molecule has 28 heavy (non-hydrogen) atoms. The number of nitrogens with zero attached hydrogens (tertiary/aromatic N) is 4. The molecule has 6 nitrogen and oxygen atoms in total. The highest BCUT2D eigenvalue weighted by molar-refractivity contribution is 14.0. The van der Waals surface area contributed by atoms with Crippen LogP contribution in [0.4, 0.5) is 17.6 Å². The number of rotatable bonds is 4. The van der Waals surface area contributed by atoms with Crippen LogP contribution in [0, 0.1) is 5.82 Å². The maximum absolute atomic E-state index is 13.2. The van der Waals surface area contributed by atoms with Crippen molar-refractivity contribution >= 4 is 35.6 Å². The Morgan fingerprint density at radius 2 is 1.86 bits per heavy atom. The van der Waals surface area contributed by atoms with E-state index in [4.69, 9.17) is 0 Å². The van der Waals surface area contributed by atoms with Crippen molar-refractivity contribution in [1.82, 2.24) is 25.2 Å². The Bertz CT molecular complexity index is 970. The third kappa shape index (κ3) is 5.09. The van der Waals surface area contributed by atoms with Gasteiger partial charge in [0.05, 0.1) is 12.1 Å². The summed E-state index contributed by atoms with van der Waals surface area (Å²) in [5.41, 5.74) is -0.424. The number of alkyl halides is 3. The van der Waals surface area contributed by atoms with E-state index in [0.717, 1.165) is 12.1 Å². The Kier molecular flexibility index (Phi) is 7.16. The highest BCUT2D eigenvalue weighted by atomic mass is 127. The van der Waals surface area contributed by atoms with Gasteiger partial charge in [0.25, 0.3) is 0 Å². The maximum Gasteiger partial charge on any atom is 0.416 e. The first-order chi connectivity index (χ1) is 12.9. The first-order valence-electron chi connectivity index (χ1n) is 7.97. The molecule has 0 saturated carbocycles. The first-order valence-corrected chi connectivity index (χ1v) is 7.97. The number of guanidine groups is 1. The largest absolute Gasteiger partial charge is 0.416 e. The predicted molar refractivity (Wildman–Crippen MR) is 107 cm³/mol. The van der Waals surface area contributed by atoms with Crippen LogP contribution in [0.2, 0.25) is 0 Å². The quantitative estimate of drug-likeness (QED) is 0.246. The molecular formula is C17H17F4IN6. The number of aromatic nitrogens is 3. The molecule has 0 unspecified atom stereocenters. The molecule has 2 aromatic heterocycles. The summed E-state index contributed by atoms with van der Waals surface area (Å²) in [6.45, 7) is 0.0930. The molecule has 3 aromatic rings.